The number of amides is 2. The summed E-state index contributed by atoms with van der Waals surface area (Å²) in [6.07, 6.45) is 0.241. The van der Waals surface area contributed by atoms with Crippen molar-refractivity contribution >= 4 is 50.9 Å². The molecule has 1 aliphatic rings. The van der Waals surface area contributed by atoms with Gasteiger partial charge in [0.2, 0.25) is 11.8 Å². The fourth-order valence-electron chi connectivity index (χ4n) is 2.66. The smallest absolute Gasteiger partial charge is 0.231 e. The minimum atomic E-state index is -0.338. The summed E-state index contributed by atoms with van der Waals surface area (Å²) in [6.45, 7) is 1.43. The maximum atomic E-state index is 12.4. The number of thiazole rings is 1. The molecule has 1 fully saturated rings. The van der Waals surface area contributed by atoms with Gasteiger partial charge in [-0.1, -0.05) is 12.1 Å². The highest BCUT2D eigenvalue weighted by molar-refractivity contribution is 14.1. The zero-order valence-electron chi connectivity index (χ0n) is 13.7. The molecule has 2 aromatic rings. The van der Waals surface area contributed by atoms with Gasteiger partial charge >= 0.3 is 0 Å². The molecule has 1 saturated heterocycles. The second-order valence-corrected chi connectivity index (χ2v) is 7.87. The van der Waals surface area contributed by atoms with Crippen LogP contribution in [-0.4, -0.2) is 48.5 Å². The van der Waals surface area contributed by atoms with Gasteiger partial charge in [0.25, 0.3) is 0 Å². The Labute approximate surface area is 163 Å². The summed E-state index contributed by atoms with van der Waals surface area (Å²) in [6, 6.07) is 8.05. The van der Waals surface area contributed by atoms with Crippen LogP contribution in [-0.2, 0) is 14.3 Å². The van der Waals surface area contributed by atoms with Gasteiger partial charge in [0.15, 0.2) is 5.13 Å². The quantitative estimate of drug-likeness (QED) is 0.658. The predicted molar refractivity (Wildman–Crippen MR) is 105 cm³/mol. The van der Waals surface area contributed by atoms with Gasteiger partial charge in [0.05, 0.1) is 18.2 Å². The fourth-order valence-corrected chi connectivity index (χ4v) is 3.74. The molecular weight excluding hydrogens is 453 g/mol. The number of nitrogens with zero attached hydrogens (tertiary/aromatic N) is 2. The van der Waals surface area contributed by atoms with Crippen molar-refractivity contribution in [3.63, 3.8) is 0 Å². The van der Waals surface area contributed by atoms with Gasteiger partial charge in [-0.3, -0.25) is 9.59 Å². The molecule has 1 aromatic carbocycles. The average molecular weight is 471 g/mol. The molecule has 1 aromatic heterocycles. The predicted octanol–water partition coefficient (Wildman–Crippen LogP) is 2.85. The molecule has 8 heteroatoms. The van der Waals surface area contributed by atoms with Crippen molar-refractivity contribution in [3.8, 4) is 11.3 Å². The Morgan fingerprint density at radius 1 is 1.44 bits per heavy atom. The molecule has 2 heterocycles. The molecule has 25 heavy (non-hydrogen) atoms. The third kappa shape index (κ3) is 4.56. The second-order valence-electron chi connectivity index (χ2n) is 5.77. The van der Waals surface area contributed by atoms with E-state index in [0.717, 1.165) is 14.8 Å². The van der Waals surface area contributed by atoms with Crippen molar-refractivity contribution in [2.24, 2.45) is 5.92 Å². The molecule has 1 aliphatic heterocycles. The van der Waals surface area contributed by atoms with E-state index in [1.54, 1.807) is 12.0 Å². The van der Waals surface area contributed by atoms with Crippen molar-refractivity contribution < 1.29 is 14.3 Å². The van der Waals surface area contributed by atoms with E-state index in [1.807, 2.05) is 29.6 Å². The highest BCUT2D eigenvalue weighted by atomic mass is 127. The summed E-state index contributed by atoms with van der Waals surface area (Å²) in [7, 11) is 1.60. The number of carbonyl (C=O) groups excluding carboxylic acids is 2. The van der Waals surface area contributed by atoms with Crippen molar-refractivity contribution in [3.05, 3.63) is 33.2 Å². The maximum absolute atomic E-state index is 12.4. The molecule has 0 bridgehead atoms. The molecule has 0 aliphatic carbocycles. The number of hydrogen-bond donors (Lipinski definition) is 1. The second kappa shape index (κ2) is 8.24. The normalized spacial score (nSPS) is 17.1. The van der Waals surface area contributed by atoms with Crippen molar-refractivity contribution in [1.82, 2.24) is 9.88 Å². The number of nitrogens with one attached hydrogen (secondary N) is 1. The number of methoxy groups -OCH3 is 1. The lowest BCUT2D eigenvalue weighted by Crippen LogP contribution is -2.30. The van der Waals surface area contributed by atoms with Gasteiger partial charge in [-0.25, -0.2) is 4.98 Å². The lowest BCUT2D eigenvalue weighted by atomic mass is 10.1. The van der Waals surface area contributed by atoms with Crippen LogP contribution in [0.25, 0.3) is 11.3 Å². The van der Waals surface area contributed by atoms with Crippen LogP contribution in [0.15, 0.2) is 29.6 Å². The number of benzene rings is 1. The molecule has 1 atom stereocenters. The number of ether oxygens (including phenoxy) is 1. The molecule has 132 valence electrons. The van der Waals surface area contributed by atoms with Gasteiger partial charge in [-0.15, -0.1) is 11.3 Å². The number of carbonyl (C=O) groups is 2. The number of rotatable bonds is 6. The van der Waals surface area contributed by atoms with Crippen LogP contribution in [0, 0.1) is 9.49 Å². The van der Waals surface area contributed by atoms with Crippen LogP contribution in [0.2, 0.25) is 0 Å². The monoisotopic (exact) mass is 471 g/mol. The summed E-state index contributed by atoms with van der Waals surface area (Å²) >= 11 is 3.64. The van der Waals surface area contributed by atoms with E-state index < -0.39 is 0 Å². The Morgan fingerprint density at radius 3 is 2.92 bits per heavy atom. The van der Waals surface area contributed by atoms with E-state index in [1.165, 1.54) is 11.3 Å². The van der Waals surface area contributed by atoms with E-state index >= 15 is 0 Å². The molecule has 1 unspecified atom stereocenters. The third-order valence-electron chi connectivity index (χ3n) is 4.02. The summed E-state index contributed by atoms with van der Waals surface area (Å²) in [4.78, 5) is 30.5. The first-order chi connectivity index (χ1) is 12.1. The maximum Gasteiger partial charge on any atom is 0.231 e. The molecular formula is C17H18IN3O3S. The zero-order valence-corrected chi connectivity index (χ0v) is 16.7. The molecule has 3 rings (SSSR count). The van der Waals surface area contributed by atoms with E-state index in [9.17, 15) is 9.59 Å². The Morgan fingerprint density at radius 2 is 2.20 bits per heavy atom. The highest BCUT2D eigenvalue weighted by Crippen LogP contribution is 2.26. The van der Waals surface area contributed by atoms with E-state index in [4.69, 9.17) is 4.74 Å². The number of halogens is 1. The Balaban J connectivity index is 1.60. The van der Waals surface area contributed by atoms with Crippen LogP contribution in [0.1, 0.15) is 6.42 Å². The number of hydrogen-bond acceptors (Lipinski definition) is 5. The van der Waals surface area contributed by atoms with Gasteiger partial charge < -0.3 is 15.0 Å². The lowest BCUT2D eigenvalue weighted by Gasteiger charge is -2.15. The summed E-state index contributed by atoms with van der Waals surface area (Å²) < 4.78 is 6.15. The summed E-state index contributed by atoms with van der Waals surface area (Å²) in [5.74, 6) is -0.497. The standard InChI is InChI=1S/C17H18IN3O3S/c1-24-7-6-21-9-12(8-15(21)22)16(23)20-17-19-14(10-25-17)11-2-4-13(18)5-3-11/h2-5,10,12H,6-9H2,1H3,(H,19,20,23). The Kier molecular flexibility index (Phi) is 6.02. The van der Waals surface area contributed by atoms with Gasteiger partial charge in [0, 0.05) is 41.1 Å². The van der Waals surface area contributed by atoms with Crippen LogP contribution >= 0.6 is 33.9 Å². The summed E-state index contributed by atoms with van der Waals surface area (Å²) in [5, 5.41) is 5.32. The van der Waals surface area contributed by atoms with E-state index in [-0.39, 0.29) is 24.2 Å². The third-order valence-corrected chi connectivity index (χ3v) is 5.50. The number of anilines is 1. The number of likely N-dealkylation sites (tertiary alicyclic amines) is 1. The molecule has 0 spiro atoms. The first kappa shape index (κ1) is 18.3. The minimum absolute atomic E-state index is 0.00378. The van der Waals surface area contributed by atoms with Crippen LogP contribution in [0.4, 0.5) is 5.13 Å². The van der Waals surface area contributed by atoms with Gasteiger partial charge in [-0.2, -0.15) is 0 Å². The van der Waals surface area contributed by atoms with Gasteiger partial charge in [-0.05, 0) is 34.7 Å². The van der Waals surface area contributed by atoms with Crippen LogP contribution < -0.4 is 5.32 Å². The molecule has 6 nitrogen and oxygen atoms in total. The topological polar surface area (TPSA) is 71.5 Å². The molecule has 2 amide bonds. The largest absolute Gasteiger partial charge is 0.383 e. The minimum Gasteiger partial charge on any atom is -0.383 e. The fraction of sp³-hybridized carbons (Fsp3) is 0.353. The van der Waals surface area contributed by atoms with E-state index in [2.05, 4.69) is 32.9 Å². The highest BCUT2D eigenvalue weighted by Gasteiger charge is 2.34. The first-order valence-corrected chi connectivity index (χ1v) is 9.81. The van der Waals surface area contributed by atoms with Crippen LogP contribution in [0.3, 0.4) is 0 Å². The zero-order chi connectivity index (χ0) is 17.8. The lowest BCUT2D eigenvalue weighted by molar-refractivity contribution is -0.128. The summed E-state index contributed by atoms with van der Waals surface area (Å²) in [5.41, 5.74) is 1.85. The van der Waals surface area contributed by atoms with Crippen molar-refractivity contribution in [2.45, 2.75) is 6.42 Å². The van der Waals surface area contributed by atoms with Gasteiger partial charge in [0.1, 0.15) is 0 Å². The van der Waals surface area contributed by atoms with Crippen molar-refractivity contribution in [2.75, 3.05) is 32.1 Å². The Hall–Kier alpha value is -1.52. The Bertz CT molecular complexity index is 763. The molecule has 0 saturated carbocycles. The van der Waals surface area contributed by atoms with E-state index in [0.29, 0.717) is 24.8 Å². The molecule has 1 N–H and O–H groups in total. The average Bonchev–Trinajstić information content (AvgIpc) is 3.20. The SMILES string of the molecule is COCCN1CC(C(=O)Nc2nc(-c3ccc(I)cc3)cs2)CC1=O. The number of aromatic nitrogens is 1. The van der Waals surface area contributed by atoms with Crippen LogP contribution in [0.5, 0.6) is 0 Å². The first-order valence-electron chi connectivity index (χ1n) is 7.86. The van der Waals surface area contributed by atoms with Crippen molar-refractivity contribution in [1.29, 1.82) is 0 Å². The molecule has 0 radical (unpaired) electrons.